The molecule has 6 heteroatoms. The summed E-state index contributed by atoms with van der Waals surface area (Å²) < 4.78 is 5.13. The number of amides is 2. The largest absolute Gasteiger partial charge is 0.497 e. The fraction of sp³-hybridized carbons (Fsp3) is 0.286. The molecule has 0 radical (unpaired) electrons. The number of carbonyl (C=O) groups is 3. The molecule has 2 aromatic carbocycles. The minimum atomic E-state index is -0.386. The van der Waals surface area contributed by atoms with E-state index in [0.29, 0.717) is 24.3 Å². The maximum Gasteiger partial charge on any atom is 0.229 e. The normalized spacial score (nSPS) is 16.3. The van der Waals surface area contributed by atoms with E-state index in [9.17, 15) is 14.4 Å². The van der Waals surface area contributed by atoms with Crippen LogP contribution in [0.15, 0.2) is 48.5 Å². The number of methoxy groups -OCH3 is 1. The zero-order valence-electron chi connectivity index (χ0n) is 15.4. The summed E-state index contributed by atoms with van der Waals surface area (Å²) in [6.45, 7) is 2.36. The van der Waals surface area contributed by atoms with Crippen LogP contribution in [0.25, 0.3) is 0 Å². The van der Waals surface area contributed by atoms with Crippen molar-refractivity contribution in [1.29, 1.82) is 0 Å². The maximum absolute atomic E-state index is 12.5. The van der Waals surface area contributed by atoms with Gasteiger partial charge in [-0.15, -0.1) is 0 Å². The Morgan fingerprint density at radius 3 is 2.37 bits per heavy atom. The van der Waals surface area contributed by atoms with Crippen LogP contribution >= 0.6 is 0 Å². The van der Waals surface area contributed by atoms with Crippen molar-refractivity contribution in [1.82, 2.24) is 4.90 Å². The van der Waals surface area contributed by atoms with E-state index < -0.39 is 0 Å². The average Bonchev–Trinajstić information content (AvgIpc) is 3.03. The van der Waals surface area contributed by atoms with Crippen molar-refractivity contribution < 1.29 is 19.1 Å². The van der Waals surface area contributed by atoms with Gasteiger partial charge in [0, 0.05) is 30.8 Å². The van der Waals surface area contributed by atoms with Gasteiger partial charge >= 0.3 is 0 Å². The van der Waals surface area contributed by atoms with E-state index in [2.05, 4.69) is 5.32 Å². The highest BCUT2D eigenvalue weighted by Gasteiger charge is 2.34. The molecule has 0 aromatic heterocycles. The summed E-state index contributed by atoms with van der Waals surface area (Å²) in [7, 11) is 1.61. The standard InChI is InChI=1S/C21H22N2O4/c1-14(24)16-5-7-18(8-6-16)22-21(26)17-11-20(25)23(13-17)12-15-3-9-19(27-2)10-4-15/h3-10,17H,11-13H2,1-2H3,(H,22,26). The lowest BCUT2D eigenvalue weighted by atomic mass is 10.1. The topological polar surface area (TPSA) is 75.7 Å². The molecule has 1 aliphatic rings. The summed E-state index contributed by atoms with van der Waals surface area (Å²) >= 11 is 0. The van der Waals surface area contributed by atoms with Crippen LogP contribution in [0.5, 0.6) is 5.75 Å². The number of carbonyl (C=O) groups excluding carboxylic acids is 3. The monoisotopic (exact) mass is 366 g/mol. The second-order valence-electron chi connectivity index (χ2n) is 6.65. The molecule has 1 saturated heterocycles. The van der Waals surface area contributed by atoms with Crippen LogP contribution < -0.4 is 10.1 Å². The third-order valence-electron chi connectivity index (χ3n) is 4.68. The van der Waals surface area contributed by atoms with Crippen molar-refractivity contribution in [3.63, 3.8) is 0 Å². The molecule has 1 aliphatic heterocycles. The Morgan fingerprint density at radius 2 is 1.78 bits per heavy atom. The van der Waals surface area contributed by atoms with E-state index in [1.54, 1.807) is 36.3 Å². The van der Waals surface area contributed by atoms with Crippen molar-refractivity contribution in [2.24, 2.45) is 5.92 Å². The highest BCUT2D eigenvalue weighted by Crippen LogP contribution is 2.23. The molecule has 1 atom stereocenters. The minimum absolute atomic E-state index is 0.0246. The summed E-state index contributed by atoms with van der Waals surface area (Å²) in [5.74, 6) is 0.139. The lowest BCUT2D eigenvalue weighted by Gasteiger charge is -2.17. The third-order valence-corrected chi connectivity index (χ3v) is 4.68. The molecule has 1 N–H and O–H groups in total. The Labute approximate surface area is 158 Å². The van der Waals surface area contributed by atoms with Crippen LogP contribution in [-0.2, 0) is 16.1 Å². The smallest absolute Gasteiger partial charge is 0.229 e. The number of nitrogens with one attached hydrogen (secondary N) is 1. The van der Waals surface area contributed by atoms with Gasteiger partial charge in [0.25, 0.3) is 0 Å². The van der Waals surface area contributed by atoms with Crippen LogP contribution in [0.3, 0.4) is 0 Å². The molecular formula is C21H22N2O4. The molecule has 27 heavy (non-hydrogen) atoms. The number of ketones is 1. The van der Waals surface area contributed by atoms with Gasteiger partial charge in [-0.25, -0.2) is 0 Å². The van der Waals surface area contributed by atoms with Gasteiger partial charge in [-0.05, 0) is 48.9 Å². The van der Waals surface area contributed by atoms with Gasteiger partial charge in [0.1, 0.15) is 5.75 Å². The Hall–Kier alpha value is -3.15. The fourth-order valence-corrected chi connectivity index (χ4v) is 3.08. The van der Waals surface area contributed by atoms with Crippen LogP contribution in [0.1, 0.15) is 29.3 Å². The van der Waals surface area contributed by atoms with Crippen LogP contribution in [-0.4, -0.2) is 36.2 Å². The first-order valence-electron chi connectivity index (χ1n) is 8.79. The van der Waals surface area contributed by atoms with Gasteiger partial charge in [-0.1, -0.05) is 12.1 Å². The first-order valence-corrected chi connectivity index (χ1v) is 8.79. The lowest BCUT2D eigenvalue weighted by Crippen LogP contribution is -2.28. The zero-order chi connectivity index (χ0) is 19.4. The van der Waals surface area contributed by atoms with Crippen LogP contribution in [0.4, 0.5) is 5.69 Å². The highest BCUT2D eigenvalue weighted by molar-refractivity contribution is 5.98. The average molecular weight is 366 g/mol. The van der Waals surface area contributed by atoms with Gasteiger partial charge in [0.05, 0.1) is 13.0 Å². The van der Waals surface area contributed by atoms with E-state index in [1.807, 2.05) is 24.3 Å². The Bertz CT molecular complexity index is 843. The van der Waals surface area contributed by atoms with Crippen LogP contribution in [0, 0.1) is 5.92 Å². The molecule has 1 heterocycles. The van der Waals surface area contributed by atoms with E-state index in [0.717, 1.165) is 11.3 Å². The lowest BCUT2D eigenvalue weighted by molar-refractivity contribution is -0.128. The number of benzene rings is 2. The molecular weight excluding hydrogens is 344 g/mol. The first kappa shape index (κ1) is 18.6. The van der Waals surface area contributed by atoms with Crippen molar-refractivity contribution in [2.75, 3.05) is 19.0 Å². The maximum atomic E-state index is 12.5. The van der Waals surface area contributed by atoms with Gasteiger partial charge in [-0.3, -0.25) is 14.4 Å². The summed E-state index contributed by atoms with van der Waals surface area (Å²) in [6, 6.07) is 14.3. The zero-order valence-corrected chi connectivity index (χ0v) is 15.4. The van der Waals surface area contributed by atoms with E-state index in [4.69, 9.17) is 4.74 Å². The van der Waals surface area contributed by atoms with Crippen LogP contribution in [0.2, 0.25) is 0 Å². The number of likely N-dealkylation sites (tertiary alicyclic amines) is 1. The molecule has 3 rings (SSSR count). The number of nitrogens with zero attached hydrogens (tertiary/aromatic N) is 1. The number of hydrogen-bond acceptors (Lipinski definition) is 4. The van der Waals surface area contributed by atoms with Gasteiger partial charge in [0.15, 0.2) is 5.78 Å². The van der Waals surface area contributed by atoms with E-state index >= 15 is 0 Å². The molecule has 2 amide bonds. The van der Waals surface area contributed by atoms with Crippen molar-refractivity contribution in [3.8, 4) is 5.75 Å². The highest BCUT2D eigenvalue weighted by atomic mass is 16.5. The van der Waals surface area contributed by atoms with E-state index in [1.165, 1.54) is 6.92 Å². The Morgan fingerprint density at radius 1 is 1.11 bits per heavy atom. The molecule has 1 fully saturated rings. The van der Waals surface area contributed by atoms with Crippen molar-refractivity contribution >= 4 is 23.3 Å². The van der Waals surface area contributed by atoms with Crippen molar-refractivity contribution in [3.05, 3.63) is 59.7 Å². The minimum Gasteiger partial charge on any atom is -0.497 e. The molecule has 0 bridgehead atoms. The van der Waals surface area contributed by atoms with Gasteiger partial charge in [0.2, 0.25) is 11.8 Å². The number of hydrogen-bond donors (Lipinski definition) is 1. The molecule has 1 unspecified atom stereocenters. The second-order valence-corrected chi connectivity index (χ2v) is 6.65. The van der Waals surface area contributed by atoms with Crippen molar-refractivity contribution in [2.45, 2.75) is 19.9 Å². The third kappa shape index (κ3) is 4.53. The molecule has 0 spiro atoms. The number of anilines is 1. The summed E-state index contributed by atoms with van der Waals surface area (Å²) in [5, 5.41) is 2.82. The molecule has 0 saturated carbocycles. The second kappa shape index (κ2) is 8.03. The Balaban J connectivity index is 1.58. The van der Waals surface area contributed by atoms with E-state index in [-0.39, 0.29) is 29.9 Å². The summed E-state index contributed by atoms with van der Waals surface area (Å²) in [5.41, 5.74) is 2.20. The quantitative estimate of drug-likeness (QED) is 0.798. The SMILES string of the molecule is COc1ccc(CN2CC(C(=O)Nc3ccc(C(C)=O)cc3)CC2=O)cc1. The number of rotatable bonds is 6. The number of Topliss-reactive ketones (excluding diaryl/α,β-unsaturated/α-hetero) is 1. The predicted molar refractivity (Wildman–Crippen MR) is 102 cm³/mol. The summed E-state index contributed by atoms with van der Waals surface area (Å²) in [4.78, 5) is 37.8. The molecule has 0 aliphatic carbocycles. The fourth-order valence-electron chi connectivity index (χ4n) is 3.08. The number of ether oxygens (including phenoxy) is 1. The molecule has 6 nitrogen and oxygen atoms in total. The van der Waals surface area contributed by atoms with Gasteiger partial charge < -0.3 is 15.0 Å². The Kier molecular flexibility index (Phi) is 5.54. The summed E-state index contributed by atoms with van der Waals surface area (Å²) in [6.07, 6.45) is 0.202. The molecule has 2 aromatic rings. The molecule has 140 valence electrons. The predicted octanol–water partition coefficient (Wildman–Crippen LogP) is 2.89. The van der Waals surface area contributed by atoms with Gasteiger partial charge in [-0.2, -0.15) is 0 Å². The first-order chi connectivity index (χ1) is 13.0.